The number of carbonyl (C=O) groups is 1. The minimum atomic E-state index is 0.0383. The van der Waals surface area contributed by atoms with Crippen LogP contribution in [0.15, 0.2) is 18.2 Å². The van der Waals surface area contributed by atoms with Gasteiger partial charge in [0.05, 0.1) is 19.3 Å². The molecule has 24 heavy (non-hydrogen) atoms. The van der Waals surface area contributed by atoms with Crippen molar-refractivity contribution in [2.24, 2.45) is 5.92 Å². The number of piperidine rings is 1. The number of carbonyl (C=O) groups excluding carboxylic acids is 1. The molecule has 2 fully saturated rings. The maximum absolute atomic E-state index is 12.4. The first-order valence-electron chi connectivity index (χ1n) is 9.06. The Hall–Kier alpha value is -1.59. The van der Waals surface area contributed by atoms with Crippen molar-refractivity contribution in [3.63, 3.8) is 0 Å². The zero-order valence-corrected chi connectivity index (χ0v) is 14.8. The van der Waals surface area contributed by atoms with Gasteiger partial charge in [0, 0.05) is 6.04 Å². The van der Waals surface area contributed by atoms with Gasteiger partial charge in [0.25, 0.3) is 0 Å². The summed E-state index contributed by atoms with van der Waals surface area (Å²) < 4.78 is 5.33. The van der Waals surface area contributed by atoms with Gasteiger partial charge in [-0.25, -0.2) is 0 Å². The highest BCUT2D eigenvalue weighted by Crippen LogP contribution is 2.27. The summed E-state index contributed by atoms with van der Waals surface area (Å²) in [7, 11) is 1.63. The van der Waals surface area contributed by atoms with Gasteiger partial charge in [-0.05, 0) is 75.9 Å². The molecule has 2 aliphatic heterocycles. The fourth-order valence-corrected chi connectivity index (χ4v) is 3.94. The normalized spacial score (nSPS) is 22.5. The van der Waals surface area contributed by atoms with Gasteiger partial charge in [0.2, 0.25) is 5.91 Å². The average Bonchev–Trinajstić information content (AvgIpc) is 3.10. The summed E-state index contributed by atoms with van der Waals surface area (Å²) in [4.78, 5) is 14.6. The van der Waals surface area contributed by atoms with E-state index in [1.807, 2.05) is 25.1 Å². The van der Waals surface area contributed by atoms with Gasteiger partial charge < -0.3 is 15.4 Å². The van der Waals surface area contributed by atoms with E-state index in [1.165, 1.54) is 32.2 Å². The Kier molecular flexibility index (Phi) is 5.74. The van der Waals surface area contributed by atoms with Crippen LogP contribution in [0.3, 0.4) is 0 Å². The molecule has 3 rings (SSSR count). The predicted octanol–water partition coefficient (Wildman–Crippen LogP) is 2.41. The molecule has 0 spiro atoms. The Morgan fingerprint density at radius 1 is 1.33 bits per heavy atom. The van der Waals surface area contributed by atoms with Crippen molar-refractivity contribution in [2.45, 2.75) is 38.6 Å². The number of hydrogen-bond donors (Lipinski definition) is 2. The Bertz CT molecular complexity index is 562. The number of methoxy groups -OCH3 is 1. The van der Waals surface area contributed by atoms with E-state index in [0.717, 1.165) is 30.3 Å². The van der Waals surface area contributed by atoms with Gasteiger partial charge in [-0.15, -0.1) is 0 Å². The summed E-state index contributed by atoms with van der Waals surface area (Å²) in [6.45, 7) is 5.67. The zero-order valence-electron chi connectivity index (χ0n) is 14.8. The van der Waals surface area contributed by atoms with Crippen molar-refractivity contribution in [2.75, 3.05) is 38.6 Å². The second-order valence-electron chi connectivity index (χ2n) is 7.07. The smallest absolute Gasteiger partial charge is 0.238 e. The van der Waals surface area contributed by atoms with Gasteiger partial charge in [0.1, 0.15) is 5.75 Å². The maximum Gasteiger partial charge on any atom is 0.238 e. The summed E-state index contributed by atoms with van der Waals surface area (Å²) in [6.07, 6.45) is 5.02. The number of aryl methyl sites for hydroxylation is 1. The molecule has 0 bridgehead atoms. The Balaban J connectivity index is 1.48. The van der Waals surface area contributed by atoms with E-state index < -0.39 is 0 Å². The van der Waals surface area contributed by atoms with Gasteiger partial charge in [-0.3, -0.25) is 9.69 Å². The minimum Gasteiger partial charge on any atom is -0.495 e. The van der Waals surface area contributed by atoms with Crippen LogP contribution in [0.25, 0.3) is 0 Å². The third-order valence-electron chi connectivity index (χ3n) is 5.30. The quantitative estimate of drug-likeness (QED) is 0.870. The van der Waals surface area contributed by atoms with Gasteiger partial charge >= 0.3 is 0 Å². The van der Waals surface area contributed by atoms with E-state index in [1.54, 1.807) is 7.11 Å². The molecule has 0 aliphatic carbocycles. The largest absolute Gasteiger partial charge is 0.495 e. The summed E-state index contributed by atoms with van der Waals surface area (Å²) in [5.74, 6) is 1.53. The lowest BCUT2D eigenvalue weighted by atomic mass is 9.88. The summed E-state index contributed by atoms with van der Waals surface area (Å²) in [5, 5.41) is 6.62. The van der Waals surface area contributed by atoms with Gasteiger partial charge in [-0.2, -0.15) is 0 Å². The van der Waals surface area contributed by atoms with Crippen LogP contribution in [0.4, 0.5) is 5.69 Å². The number of nitrogens with one attached hydrogen (secondary N) is 2. The maximum atomic E-state index is 12.4. The number of hydrogen-bond acceptors (Lipinski definition) is 4. The molecule has 2 aliphatic rings. The zero-order chi connectivity index (χ0) is 16.9. The fourth-order valence-electron chi connectivity index (χ4n) is 3.94. The van der Waals surface area contributed by atoms with Gasteiger partial charge in [0.15, 0.2) is 0 Å². The average molecular weight is 331 g/mol. The van der Waals surface area contributed by atoms with E-state index in [0.29, 0.717) is 18.3 Å². The standard InChI is InChI=1S/C19H29N3O2/c1-14-5-6-18(24-2)17(12-14)21-19(23)13-22-10-7-15(8-11-22)16-4-3-9-20-16/h5-6,12,15-16,20H,3-4,7-11,13H2,1-2H3,(H,21,23). The lowest BCUT2D eigenvalue weighted by molar-refractivity contribution is -0.117. The molecule has 2 heterocycles. The second-order valence-corrected chi connectivity index (χ2v) is 7.07. The third-order valence-corrected chi connectivity index (χ3v) is 5.30. The van der Waals surface area contributed by atoms with Crippen LogP contribution in [0.5, 0.6) is 5.75 Å². The van der Waals surface area contributed by atoms with E-state index >= 15 is 0 Å². The molecule has 1 atom stereocenters. The second kappa shape index (κ2) is 7.99. The van der Waals surface area contributed by atoms with E-state index in [4.69, 9.17) is 4.74 Å². The number of ether oxygens (including phenoxy) is 1. The topological polar surface area (TPSA) is 53.6 Å². The van der Waals surface area contributed by atoms with Crippen molar-refractivity contribution >= 4 is 11.6 Å². The van der Waals surface area contributed by atoms with Crippen LogP contribution in [0.2, 0.25) is 0 Å². The molecule has 1 amide bonds. The fraction of sp³-hybridized carbons (Fsp3) is 0.632. The number of amides is 1. The van der Waals surface area contributed by atoms with E-state index in [2.05, 4.69) is 15.5 Å². The molecular formula is C19H29N3O2. The van der Waals surface area contributed by atoms with Crippen molar-refractivity contribution < 1.29 is 9.53 Å². The predicted molar refractivity (Wildman–Crippen MR) is 96.5 cm³/mol. The molecule has 1 unspecified atom stereocenters. The molecule has 2 N–H and O–H groups in total. The highest BCUT2D eigenvalue weighted by atomic mass is 16.5. The molecule has 1 aromatic carbocycles. The first kappa shape index (κ1) is 17.2. The molecule has 5 heteroatoms. The Morgan fingerprint density at radius 2 is 2.12 bits per heavy atom. The van der Waals surface area contributed by atoms with Crippen LogP contribution in [-0.4, -0.2) is 50.1 Å². The van der Waals surface area contributed by atoms with Crippen LogP contribution in [0.1, 0.15) is 31.2 Å². The monoisotopic (exact) mass is 331 g/mol. The van der Waals surface area contributed by atoms with Crippen LogP contribution >= 0.6 is 0 Å². The summed E-state index contributed by atoms with van der Waals surface area (Å²) in [6, 6.07) is 6.54. The number of nitrogens with zero attached hydrogens (tertiary/aromatic N) is 1. The van der Waals surface area contributed by atoms with Crippen LogP contribution < -0.4 is 15.4 Å². The molecule has 0 aromatic heterocycles. The van der Waals surface area contributed by atoms with E-state index in [9.17, 15) is 4.79 Å². The van der Waals surface area contributed by atoms with Crippen LogP contribution in [0, 0.1) is 12.8 Å². The lowest BCUT2D eigenvalue weighted by Gasteiger charge is -2.34. The van der Waals surface area contributed by atoms with Crippen LogP contribution in [-0.2, 0) is 4.79 Å². The lowest BCUT2D eigenvalue weighted by Crippen LogP contribution is -2.43. The number of rotatable bonds is 5. The summed E-state index contributed by atoms with van der Waals surface area (Å²) >= 11 is 0. The SMILES string of the molecule is COc1ccc(C)cc1NC(=O)CN1CCC(C2CCCN2)CC1. The Labute approximate surface area is 144 Å². The van der Waals surface area contributed by atoms with Crippen molar-refractivity contribution in [3.8, 4) is 5.75 Å². The molecule has 2 saturated heterocycles. The highest BCUT2D eigenvalue weighted by molar-refractivity contribution is 5.93. The summed E-state index contributed by atoms with van der Waals surface area (Å²) in [5.41, 5.74) is 1.86. The number of anilines is 1. The first-order chi connectivity index (χ1) is 11.7. The molecule has 132 valence electrons. The molecule has 5 nitrogen and oxygen atoms in total. The molecule has 0 radical (unpaired) electrons. The Morgan fingerprint density at radius 3 is 2.79 bits per heavy atom. The third kappa shape index (κ3) is 4.28. The van der Waals surface area contributed by atoms with E-state index in [-0.39, 0.29) is 5.91 Å². The minimum absolute atomic E-state index is 0.0383. The first-order valence-corrected chi connectivity index (χ1v) is 9.06. The van der Waals surface area contributed by atoms with Crippen molar-refractivity contribution in [1.82, 2.24) is 10.2 Å². The van der Waals surface area contributed by atoms with Crippen molar-refractivity contribution in [1.29, 1.82) is 0 Å². The molecule has 1 aromatic rings. The van der Waals surface area contributed by atoms with Gasteiger partial charge in [-0.1, -0.05) is 6.07 Å². The highest BCUT2D eigenvalue weighted by Gasteiger charge is 2.28. The molecule has 0 saturated carbocycles. The number of benzene rings is 1. The van der Waals surface area contributed by atoms with Crippen molar-refractivity contribution in [3.05, 3.63) is 23.8 Å². The number of likely N-dealkylation sites (tertiary alicyclic amines) is 1. The molecular weight excluding hydrogens is 302 g/mol.